The summed E-state index contributed by atoms with van der Waals surface area (Å²) in [7, 11) is -0.201. The monoisotopic (exact) mass is 700 g/mol. The molecule has 1 aromatic carbocycles. The molecule has 14 nitrogen and oxygen atoms in total. The second kappa shape index (κ2) is 12.6. The molecule has 3 saturated carbocycles. The summed E-state index contributed by atoms with van der Waals surface area (Å²) in [5, 5.41) is 8.86. The molecule has 1 unspecified atom stereocenters. The van der Waals surface area contributed by atoms with Crippen molar-refractivity contribution in [2.75, 3.05) is 54.8 Å². The zero-order valence-electron chi connectivity index (χ0n) is 26.6. The number of anilines is 3. The van der Waals surface area contributed by atoms with Crippen molar-refractivity contribution in [1.29, 1.82) is 0 Å². The van der Waals surface area contributed by atoms with Crippen molar-refractivity contribution in [3.63, 3.8) is 0 Å². The van der Waals surface area contributed by atoms with Gasteiger partial charge in [0.05, 0.1) is 43.2 Å². The Bertz CT molecular complexity index is 1890. The number of halogens is 2. The molecule has 0 spiro atoms. The average molecular weight is 701 g/mol. The number of carbonyl (C=O) groups excluding carboxylic acids is 2. The van der Waals surface area contributed by atoms with Gasteiger partial charge in [-0.1, -0.05) is 0 Å². The minimum atomic E-state index is -3.82. The number of nitrogens with one attached hydrogen (secondary N) is 3. The van der Waals surface area contributed by atoms with Crippen molar-refractivity contribution in [1.82, 2.24) is 14.9 Å². The van der Waals surface area contributed by atoms with E-state index >= 15 is 0 Å². The molecule has 2 bridgehead atoms. The van der Waals surface area contributed by atoms with Crippen LogP contribution in [0.4, 0.5) is 26.0 Å². The lowest BCUT2D eigenvalue weighted by molar-refractivity contribution is -0.286. The Morgan fingerprint density at radius 1 is 0.939 bits per heavy atom. The number of nitrogens with zero attached hydrogens (tertiary/aromatic N) is 3. The highest BCUT2D eigenvalue weighted by Gasteiger charge is 2.49. The van der Waals surface area contributed by atoms with Crippen molar-refractivity contribution >= 4 is 38.8 Å². The molecule has 0 radical (unpaired) electrons. The number of fused-ring (bicyclic) bond motifs is 3. The first kappa shape index (κ1) is 32.8. The molecule has 4 heterocycles. The fourth-order valence-corrected chi connectivity index (χ4v) is 8.27. The number of rotatable bonds is 9. The van der Waals surface area contributed by atoms with Crippen LogP contribution in [0.3, 0.4) is 0 Å². The summed E-state index contributed by atoms with van der Waals surface area (Å²) in [6.45, 7) is 1.03. The summed E-state index contributed by atoms with van der Waals surface area (Å²) in [4.78, 5) is 38.4. The van der Waals surface area contributed by atoms with E-state index in [-0.39, 0.29) is 69.2 Å². The predicted molar refractivity (Wildman–Crippen MR) is 172 cm³/mol. The van der Waals surface area contributed by atoms with E-state index in [1.807, 2.05) is 0 Å². The highest BCUT2D eigenvalue weighted by Crippen LogP contribution is 2.49. The third kappa shape index (κ3) is 6.64. The molecule has 4 fully saturated rings. The predicted octanol–water partition coefficient (Wildman–Crippen LogP) is 3.63. The standard InChI is InChI=1S/C32H34F2N6O8S/c1-45-25-5-6-35-29(38-21-15-23(18-11-17(21)12-18)40-7-9-49(43,44)10-8-40)28(25)31(42)39-22-16-36-27(46-2)14-20(22)30(41)37-19-3-4-24-26(13-19)48-32(33,34)47-24/h3-6,13-14,16-18,21,23H,7-12,15H2,1-2H3,(H,35,38)(H,37,41)(H,39,42)/t17?,18?,21?,23-/m0/s1. The first-order chi connectivity index (χ1) is 23.4. The normalized spacial score (nSPS) is 24.7. The molecule has 3 aromatic rings. The van der Waals surface area contributed by atoms with E-state index in [1.165, 1.54) is 50.9 Å². The molecule has 5 aliphatic rings. The van der Waals surface area contributed by atoms with Gasteiger partial charge in [0.1, 0.15) is 17.1 Å². The maximum absolute atomic E-state index is 14.0. The first-order valence-corrected chi connectivity index (χ1v) is 17.5. The van der Waals surface area contributed by atoms with E-state index < -0.39 is 27.9 Å². The molecule has 8 rings (SSSR count). The van der Waals surface area contributed by atoms with Gasteiger partial charge in [0.2, 0.25) is 5.88 Å². The smallest absolute Gasteiger partial charge is 0.496 e. The Morgan fingerprint density at radius 2 is 1.69 bits per heavy atom. The molecule has 260 valence electrons. The Balaban J connectivity index is 1.11. The lowest BCUT2D eigenvalue weighted by Gasteiger charge is -2.55. The van der Waals surface area contributed by atoms with Gasteiger partial charge >= 0.3 is 6.29 Å². The number of pyridine rings is 2. The number of sulfone groups is 1. The molecule has 2 amide bonds. The Hall–Kier alpha value is -4.77. The lowest BCUT2D eigenvalue weighted by Crippen LogP contribution is -2.59. The zero-order chi connectivity index (χ0) is 34.5. The Morgan fingerprint density at radius 3 is 2.43 bits per heavy atom. The summed E-state index contributed by atoms with van der Waals surface area (Å²) in [5.74, 6) is 0.0958. The molecule has 2 aliphatic heterocycles. The SMILES string of the molecule is COc1cc(C(=O)Nc2ccc3c(c2)OC(F)(F)O3)c(NC(=O)c2c(OC)ccnc2NC2C[C@H](N3CCS(=O)(=O)CC3)C3CC2C3)cn1. The van der Waals surface area contributed by atoms with Crippen molar-refractivity contribution in [3.05, 3.63) is 53.9 Å². The molecule has 3 N–H and O–H groups in total. The van der Waals surface area contributed by atoms with E-state index in [0.717, 1.165) is 19.3 Å². The fourth-order valence-electron chi connectivity index (χ4n) is 7.04. The second-order valence-electron chi connectivity index (χ2n) is 12.5. The van der Waals surface area contributed by atoms with E-state index in [1.54, 1.807) is 6.07 Å². The van der Waals surface area contributed by atoms with Crippen LogP contribution in [0.15, 0.2) is 42.7 Å². The lowest BCUT2D eigenvalue weighted by atomic mass is 9.60. The number of benzene rings is 1. The van der Waals surface area contributed by atoms with Crippen molar-refractivity contribution in [2.45, 2.75) is 37.6 Å². The molecule has 3 aliphatic carbocycles. The molecular weight excluding hydrogens is 666 g/mol. The maximum Gasteiger partial charge on any atom is 0.586 e. The molecule has 49 heavy (non-hydrogen) atoms. The van der Waals surface area contributed by atoms with Gasteiger partial charge in [0.15, 0.2) is 21.3 Å². The van der Waals surface area contributed by atoms with E-state index in [4.69, 9.17) is 9.47 Å². The molecule has 2 atom stereocenters. The van der Waals surface area contributed by atoms with Crippen LogP contribution in [-0.4, -0.2) is 92.3 Å². The van der Waals surface area contributed by atoms with Gasteiger partial charge in [-0.05, 0) is 49.3 Å². The number of carbonyl (C=O) groups is 2. The number of aromatic nitrogens is 2. The van der Waals surface area contributed by atoms with Gasteiger partial charge in [-0.2, -0.15) is 0 Å². The van der Waals surface area contributed by atoms with Gasteiger partial charge in [0, 0.05) is 49.2 Å². The third-order valence-corrected chi connectivity index (χ3v) is 11.2. The van der Waals surface area contributed by atoms with Crippen molar-refractivity contribution in [3.8, 4) is 23.1 Å². The van der Waals surface area contributed by atoms with Gasteiger partial charge in [-0.3, -0.25) is 14.5 Å². The van der Waals surface area contributed by atoms with E-state index in [0.29, 0.717) is 30.7 Å². The van der Waals surface area contributed by atoms with Crippen LogP contribution in [0.2, 0.25) is 0 Å². The number of ether oxygens (including phenoxy) is 4. The number of methoxy groups -OCH3 is 2. The molecule has 17 heteroatoms. The zero-order valence-corrected chi connectivity index (χ0v) is 27.4. The van der Waals surface area contributed by atoms with Crippen LogP contribution >= 0.6 is 0 Å². The minimum absolute atomic E-state index is 0.00895. The topological polar surface area (TPSA) is 170 Å². The van der Waals surface area contributed by atoms with E-state index in [9.17, 15) is 26.8 Å². The number of hydrogen-bond donors (Lipinski definition) is 3. The highest BCUT2D eigenvalue weighted by atomic mass is 32.2. The molecule has 2 aromatic heterocycles. The minimum Gasteiger partial charge on any atom is -0.496 e. The van der Waals surface area contributed by atoms with Crippen LogP contribution in [0, 0.1) is 11.8 Å². The van der Waals surface area contributed by atoms with Crippen LogP contribution in [0.25, 0.3) is 0 Å². The fraction of sp³-hybridized carbons (Fsp3) is 0.438. The van der Waals surface area contributed by atoms with Crippen LogP contribution in [0.1, 0.15) is 40.0 Å². The number of amides is 2. The van der Waals surface area contributed by atoms with Crippen LogP contribution in [0.5, 0.6) is 23.1 Å². The summed E-state index contributed by atoms with van der Waals surface area (Å²) in [6, 6.07) is 6.90. The highest BCUT2D eigenvalue weighted by molar-refractivity contribution is 7.91. The van der Waals surface area contributed by atoms with Gasteiger partial charge in [-0.15, -0.1) is 8.78 Å². The van der Waals surface area contributed by atoms with Crippen molar-refractivity contribution < 1.29 is 45.7 Å². The summed E-state index contributed by atoms with van der Waals surface area (Å²) in [5.41, 5.74) is 0.256. The van der Waals surface area contributed by atoms with Gasteiger partial charge in [-0.25, -0.2) is 18.4 Å². The molecular formula is C32H34F2N6O8S. The van der Waals surface area contributed by atoms with Crippen LogP contribution < -0.4 is 34.9 Å². The molecule has 1 saturated heterocycles. The summed E-state index contributed by atoms with van der Waals surface area (Å²) >= 11 is 0. The Kier molecular flexibility index (Phi) is 8.42. The first-order valence-electron chi connectivity index (χ1n) is 15.7. The quantitative estimate of drug-likeness (QED) is 0.297. The average Bonchev–Trinajstić information content (AvgIpc) is 3.37. The van der Waals surface area contributed by atoms with Gasteiger partial charge in [0.25, 0.3) is 11.8 Å². The number of alkyl halides is 2. The van der Waals surface area contributed by atoms with E-state index in [2.05, 4.69) is 40.3 Å². The Labute approximate surface area is 280 Å². The largest absolute Gasteiger partial charge is 0.586 e. The van der Waals surface area contributed by atoms with Crippen molar-refractivity contribution in [2.24, 2.45) is 11.8 Å². The van der Waals surface area contributed by atoms with Gasteiger partial charge < -0.3 is 34.9 Å². The summed E-state index contributed by atoms with van der Waals surface area (Å²) in [6.07, 6.45) is 1.75. The summed E-state index contributed by atoms with van der Waals surface area (Å²) < 4.78 is 70.8. The number of hydrogen-bond acceptors (Lipinski definition) is 12. The maximum atomic E-state index is 14.0. The second-order valence-corrected chi connectivity index (χ2v) is 14.8. The third-order valence-electron chi connectivity index (χ3n) is 9.59. The van der Waals surface area contributed by atoms with Crippen LogP contribution in [-0.2, 0) is 9.84 Å².